The first-order valence-corrected chi connectivity index (χ1v) is 35.0. The zero-order valence-electron chi connectivity index (χ0n) is 55.9. The number of Topliss-reactive ketones (excluding diaryl/α,β-unsaturated/α-hetero) is 1. The number of aromatic amines is 1. The van der Waals surface area contributed by atoms with Gasteiger partial charge < -0.3 is 48.4 Å². The van der Waals surface area contributed by atoms with Crippen LogP contribution >= 0.6 is 84.7 Å². The Labute approximate surface area is 633 Å². The molecule has 0 radical (unpaired) electrons. The van der Waals surface area contributed by atoms with Crippen LogP contribution in [-0.4, -0.2) is 61.8 Å². The lowest BCUT2D eigenvalue weighted by Crippen LogP contribution is -2.21. The van der Waals surface area contributed by atoms with Crippen LogP contribution in [0.25, 0.3) is 6.08 Å². The number of halogens is 6. The van der Waals surface area contributed by atoms with E-state index in [1.165, 1.54) is 60.3 Å². The summed E-state index contributed by atoms with van der Waals surface area (Å²) in [7, 11) is 2.56. The molecule has 0 amide bonds. The maximum atomic E-state index is 11.0. The van der Waals surface area contributed by atoms with Gasteiger partial charge in [-0.25, -0.2) is 34.7 Å². The maximum absolute atomic E-state index is 11.0. The summed E-state index contributed by atoms with van der Waals surface area (Å²) in [4.78, 5) is 58.7. The number of rotatable bonds is 11. The highest BCUT2D eigenvalue weighted by Crippen LogP contribution is 2.61. The second kappa shape index (κ2) is 49.6. The number of carbonyl (C=O) groups is 2. The molecule has 9 aromatic rings. The number of guanidine groups is 1. The van der Waals surface area contributed by atoms with Gasteiger partial charge in [0.25, 0.3) is 5.56 Å². The van der Waals surface area contributed by atoms with Gasteiger partial charge in [0.05, 0.1) is 78.6 Å². The minimum atomic E-state index is -3.22. The summed E-state index contributed by atoms with van der Waals surface area (Å²) in [5, 5.41) is 56.7. The first-order chi connectivity index (χ1) is 48.8. The normalized spacial score (nSPS) is 9.52. The lowest BCUT2D eigenvalue weighted by atomic mass is 10.0. The molecule has 0 saturated heterocycles. The van der Waals surface area contributed by atoms with E-state index in [1.54, 1.807) is 134 Å². The molecule has 12 N–H and O–H groups in total. The number of ketones is 1. The van der Waals surface area contributed by atoms with E-state index in [0.29, 0.717) is 56.1 Å². The molecule has 528 valence electrons. The summed E-state index contributed by atoms with van der Waals surface area (Å²) < 4.78 is 19.6. The van der Waals surface area contributed by atoms with Crippen molar-refractivity contribution in [1.82, 2.24) is 29.9 Å². The molecule has 0 aliphatic heterocycles. The van der Waals surface area contributed by atoms with E-state index < -0.39 is 11.2 Å². The summed E-state index contributed by atoms with van der Waals surface area (Å²) in [6.07, 6.45) is 10.0. The van der Waals surface area contributed by atoms with Crippen LogP contribution in [-0.2, 0) is 23.6 Å². The molecule has 33 heteroatoms. The van der Waals surface area contributed by atoms with Gasteiger partial charge >= 0.3 is 11.2 Å². The first-order valence-electron chi connectivity index (χ1n) is 28.8. The van der Waals surface area contributed by atoms with E-state index in [1.807, 2.05) is 70.2 Å². The maximum Gasteiger partial charge on any atom is 0.344 e. The van der Waals surface area contributed by atoms with E-state index in [-0.39, 0.29) is 22.9 Å². The molecular weight excluding hydrogens is 1550 g/mol. The van der Waals surface area contributed by atoms with Crippen LogP contribution in [0.4, 0.5) is 52.0 Å². The minimum Gasteiger partial charge on any atom is -0.503 e. The number of nitrogens with zero attached hydrogens (tertiary/aromatic N) is 12. The summed E-state index contributed by atoms with van der Waals surface area (Å²) in [5.41, 5.74) is 34.2. The fourth-order valence-electron chi connectivity index (χ4n) is 6.93. The van der Waals surface area contributed by atoms with Gasteiger partial charge in [0.2, 0.25) is 17.8 Å². The zero-order chi connectivity index (χ0) is 77.5. The van der Waals surface area contributed by atoms with Gasteiger partial charge in [0, 0.05) is 68.8 Å². The van der Waals surface area contributed by atoms with Gasteiger partial charge in [-0.05, 0) is 258 Å². The third-order valence-electron chi connectivity index (χ3n) is 11.6. The Bertz CT molecular complexity index is 4580. The smallest absolute Gasteiger partial charge is 0.344 e. The van der Waals surface area contributed by atoms with Crippen molar-refractivity contribution in [3.63, 3.8) is 0 Å². The van der Waals surface area contributed by atoms with Crippen LogP contribution in [0.5, 0.6) is 0 Å². The number of methoxy groups -OCH3 is 2. The predicted molar refractivity (Wildman–Crippen MR) is 416 cm³/mol. The minimum absolute atomic E-state index is 0.0136. The largest absolute Gasteiger partial charge is 0.503 e. The third kappa shape index (κ3) is 40.1. The number of hydrogen-bond acceptors (Lipinski definition) is 23. The second-order valence-electron chi connectivity index (χ2n) is 19.4. The summed E-state index contributed by atoms with van der Waals surface area (Å²) >= 11 is 27.6. The standard InChI is InChI=1S/2C11H7ClN4.C11H8N4O.C11H12N2.C8H10IN.C8H8N4.C7H10O4.C3H3N.Cl3OP/c2*12-10-5-6-14-11(16-10)15-9-3-1-8(7-13)2-4-9;12-7-8-1-3-9(4-2-8)14-11-13-6-5-10(16)15-11;1-8-6-10(4-3-5-12)7-9(2)11(8)13;1-5-3-7(9)4-6(2)8(5)10;9-5-6-1-3-7(4-2-6)12-8(10)11;1-5(8)6(4-10-2)7(9)11-3;1-2-3-4;1-5(2,3)4/h2*1-6H,(H,14,15,16);1-6H,(H2,13,14,15,16);3-4,6-7H,13H2,1-2H3;3-4H,10H2,1-2H3;1-4H,(H4,10,11,12);4H,1-3H3;2H,1H2;/b;;;4-3+;;;6-4-;;. The zero-order valence-corrected chi connectivity index (χ0v) is 62.7. The fraction of sp³-hybridized carbons (Fsp3) is 0.100. The Kier molecular flexibility index (Phi) is 43.0. The number of nitriles is 6. The highest BCUT2D eigenvalue weighted by molar-refractivity contribution is 14.1. The molecule has 3 heterocycles. The first kappa shape index (κ1) is 89.2. The Morgan fingerprint density at radius 1 is 0.612 bits per heavy atom. The van der Waals surface area contributed by atoms with Crippen LogP contribution < -0.4 is 44.4 Å². The summed E-state index contributed by atoms with van der Waals surface area (Å²) in [5.74, 6) is 0.185. The number of ether oxygens (including phenoxy) is 2. The van der Waals surface area contributed by atoms with Gasteiger partial charge in [-0.15, -0.1) is 0 Å². The molecule has 0 spiro atoms. The highest BCUT2D eigenvalue weighted by atomic mass is 127. The molecule has 9 rings (SSSR count). The van der Waals surface area contributed by atoms with Crippen molar-refractivity contribution in [1.29, 1.82) is 31.6 Å². The van der Waals surface area contributed by atoms with Crippen LogP contribution in [0.15, 0.2) is 198 Å². The topological polar surface area (TPSA) is 462 Å². The van der Waals surface area contributed by atoms with Crippen LogP contribution in [0, 0.1) is 99.3 Å². The van der Waals surface area contributed by atoms with Gasteiger partial charge in [0.15, 0.2) is 11.7 Å². The molecule has 0 saturated carbocycles. The second-order valence-corrected chi connectivity index (χ2v) is 28.0. The number of nitrogens with two attached hydrogens (primary N) is 4. The molecule has 0 atom stereocenters. The van der Waals surface area contributed by atoms with Crippen molar-refractivity contribution in [2.75, 3.05) is 41.6 Å². The molecule has 0 aliphatic carbocycles. The number of aryl methyl sites for hydroxylation is 4. The van der Waals surface area contributed by atoms with E-state index >= 15 is 0 Å². The molecule has 26 nitrogen and oxygen atoms in total. The summed E-state index contributed by atoms with van der Waals surface area (Å²) in [6.45, 7) is 12.4. The lowest BCUT2D eigenvalue weighted by Gasteiger charge is -2.05. The van der Waals surface area contributed by atoms with E-state index in [0.717, 1.165) is 51.4 Å². The Hall–Kier alpha value is -11.9. The fourth-order valence-corrected chi connectivity index (χ4v) is 8.14. The lowest BCUT2D eigenvalue weighted by molar-refractivity contribution is -0.137. The molecule has 6 aromatic carbocycles. The van der Waals surface area contributed by atoms with Crippen LogP contribution in [0.3, 0.4) is 0 Å². The number of nitrogens with one attached hydrogen (secondary N) is 4. The number of esters is 1. The molecular formula is C70H65Cl5IN20O6P. The monoisotopic (exact) mass is 1610 g/mol. The summed E-state index contributed by atoms with van der Waals surface area (Å²) in [6, 6.07) is 51.9. The number of anilines is 8. The predicted octanol–water partition coefficient (Wildman–Crippen LogP) is 16.0. The Morgan fingerprint density at radius 3 is 1.30 bits per heavy atom. The number of aromatic nitrogens is 6. The number of carbonyl (C=O) groups excluding carboxylic acids is 2. The number of aliphatic imine (C=N–C) groups is 1. The Morgan fingerprint density at radius 2 is 0.981 bits per heavy atom. The van der Waals surface area contributed by atoms with Crippen molar-refractivity contribution >= 4 is 160 Å². The van der Waals surface area contributed by atoms with Crippen molar-refractivity contribution in [3.05, 3.63) is 263 Å². The van der Waals surface area contributed by atoms with Gasteiger partial charge in [0.1, 0.15) is 22.1 Å². The van der Waals surface area contributed by atoms with Crippen molar-refractivity contribution in [3.8, 4) is 36.4 Å². The van der Waals surface area contributed by atoms with Gasteiger partial charge in [-0.3, -0.25) is 19.1 Å². The molecule has 0 bridgehead atoms. The van der Waals surface area contributed by atoms with Crippen molar-refractivity contribution < 1.29 is 23.6 Å². The van der Waals surface area contributed by atoms with Crippen molar-refractivity contribution in [2.45, 2.75) is 34.6 Å². The number of H-pyrrole nitrogens is 1. The van der Waals surface area contributed by atoms with Gasteiger partial charge in [-0.1, -0.05) is 29.8 Å². The number of benzene rings is 6. The highest BCUT2D eigenvalue weighted by Gasteiger charge is 2.14. The van der Waals surface area contributed by atoms with E-state index in [2.05, 4.69) is 135 Å². The quantitative estimate of drug-likeness (QED) is 0.00485. The van der Waals surface area contributed by atoms with Gasteiger partial charge in [-0.2, -0.15) is 31.6 Å². The molecule has 103 heavy (non-hydrogen) atoms. The van der Waals surface area contributed by atoms with Crippen LogP contribution in [0.1, 0.15) is 57.0 Å². The molecule has 0 fully saturated rings. The van der Waals surface area contributed by atoms with E-state index in [4.69, 9.17) is 77.7 Å². The van der Waals surface area contributed by atoms with Crippen LogP contribution in [0.2, 0.25) is 10.3 Å². The third-order valence-corrected chi connectivity index (χ3v) is 12.7. The number of hydrogen-bond donors (Lipinski definition) is 8. The number of allylic oxidation sites excluding steroid dienone is 2. The SMILES string of the molecule is C=CC#N.CO/C=C(/C(C)=O)C(=O)OC.Cc1cc(/C=C/C#N)cc(C)c1N.Cc1cc(I)cc(C)c1N.N#Cc1ccc(N=C(N)N)cc1.N#Cc1ccc(Nc2nccc(=O)[nH]2)cc1.N#Cc1ccc(Nc2nccc(Cl)n2)cc1.N#Cc1ccc(Nc2nccc(Cl)n2)cc1.O=P(Cl)(Cl)Cl. The molecule has 0 unspecified atom stereocenters. The number of nitrogen functional groups attached to an aromatic ring is 2. The average molecular weight is 1620 g/mol. The Balaban J connectivity index is 0.000000592. The average Bonchev–Trinajstić information content (AvgIpc) is 0.878. The molecule has 3 aromatic heterocycles. The van der Waals surface area contributed by atoms with Crippen molar-refractivity contribution in [2.24, 2.45) is 16.5 Å². The molecule has 0 aliphatic rings. The van der Waals surface area contributed by atoms with E-state index in [9.17, 15) is 18.9 Å².